The van der Waals surface area contributed by atoms with Crippen molar-refractivity contribution in [2.75, 3.05) is 19.0 Å². The monoisotopic (exact) mass is 326 g/mol. The van der Waals surface area contributed by atoms with Gasteiger partial charge in [-0.1, -0.05) is 36.4 Å². The van der Waals surface area contributed by atoms with Crippen LogP contribution in [-0.2, 0) is 16.1 Å². The summed E-state index contributed by atoms with van der Waals surface area (Å²) in [6, 6.07) is 15.0. The average molecular weight is 326 g/mol. The standard InChI is InChI=1S/C19H22N2O3/c1-14-7-3-4-8-15(14)13-21-18(22)11-12-20-17-10-6-5-9-16(17)19(23)24-2/h3-10,20H,11-13H2,1-2H3,(H,21,22). The van der Waals surface area contributed by atoms with Gasteiger partial charge in [-0.2, -0.15) is 0 Å². The molecule has 0 aromatic heterocycles. The second-order valence-corrected chi connectivity index (χ2v) is 5.42. The van der Waals surface area contributed by atoms with Crippen LogP contribution in [0.2, 0.25) is 0 Å². The topological polar surface area (TPSA) is 67.4 Å². The number of para-hydroxylation sites is 1. The molecule has 1 amide bonds. The summed E-state index contributed by atoms with van der Waals surface area (Å²) >= 11 is 0. The quantitative estimate of drug-likeness (QED) is 0.768. The number of anilines is 1. The van der Waals surface area contributed by atoms with Crippen molar-refractivity contribution >= 4 is 17.6 Å². The zero-order valence-corrected chi connectivity index (χ0v) is 14.0. The molecular weight excluding hydrogens is 304 g/mol. The fraction of sp³-hybridized carbons (Fsp3) is 0.263. The van der Waals surface area contributed by atoms with Gasteiger partial charge in [0, 0.05) is 25.2 Å². The molecule has 0 radical (unpaired) electrons. The van der Waals surface area contributed by atoms with E-state index in [0.29, 0.717) is 30.8 Å². The van der Waals surface area contributed by atoms with Gasteiger partial charge in [0.2, 0.25) is 5.91 Å². The summed E-state index contributed by atoms with van der Waals surface area (Å²) in [4.78, 5) is 23.6. The maximum Gasteiger partial charge on any atom is 0.339 e. The van der Waals surface area contributed by atoms with E-state index < -0.39 is 5.97 Å². The van der Waals surface area contributed by atoms with Crippen LogP contribution in [0.15, 0.2) is 48.5 Å². The Bertz CT molecular complexity index is 713. The minimum atomic E-state index is -0.401. The van der Waals surface area contributed by atoms with Gasteiger partial charge in [0.05, 0.1) is 12.7 Å². The molecule has 0 fully saturated rings. The van der Waals surface area contributed by atoms with Gasteiger partial charge >= 0.3 is 5.97 Å². The first kappa shape index (κ1) is 17.5. The molecule has 0 aliphatic heterocycles. The minimum absolute atomic E-state index is 0.0405. The molecule has 0 saturated heterocycles. The highest BCUT2D eigenvalue weighted by molar-refractivity contribution is 5.95. The molecule has 0 spiro atoms. The van der Waals surface area contributed by atoms with Gasteiger partial charge in [0.25, 0.3) is 0 Å². The number of benzene rings is 2. The average Bonchev–Trinajstić information content (AvgIpc) is 2.61. The Morgan fingerprint density at radius 2 is 1.75 bits per heavy atom. The largest absolute Gasteiger partial charge is 0.465 e. The van der Waals surface area contributed by atoms with E-state index in [2.05, 4.69) is 10.6 Å². The Balaban J connectivity index is 1.81. The molecule has 0 saturated carbocycles. The molecule has 0 aliphatic rings. The maximum absolute atomic E-state index is 12.0. The third-order valence-electron chi connectivity index (χ3n) is 3.74. The maximum atomic E-state index is 12.0. The van der Waals surface area contributed by atoms with E-state index in [4.69, 9.17) is 4.74 Å². The summed E-state index contributed by atoms with van der Waals surface area (Å²) < 4.78 is 4.74. The Kier molecular flexibility index (Phi) is 6.37. The van der Waals surface area contributed by atoms with Crippen LogP contribution in [-0.4, -0.2) is 25.5 Å². The molecule has 24 heavy (non-hydrogen) atoms. The molecular formula is C19H22N2O3. The second kappa shape index (κ2) is 8.72. The van der Waals surface area contributed by atoms with Crippen LogP contribution in [0.25, 0.3) is 0 Å². The first-order valence-electron chi connectivity index (χ1n) is 7.84. The number of hydrogen-bond acceptors (Lipinski definition) is 4. The molecule has 2 N–H and O–H groups in total. The molecule has 2 aromatic rings. The van der Waals surface area contributed by atoms with Crippen LogP contribution in [0.1, 0.15) is 27.9 Å². The molecule has 5 heteroatoms. The molecule has 126 valence electrons. The Morgan fingerprint density at radius 1 is 1.04 bits per heavy atom. The third kappa shape index (κ3) is 4.84. The summed E-state index contributed by atoms with van der Waals surface area (Å²) in [5, 5.41) is 6.01. The normalized spacial score (nSPS) is 10.1. The van der Waals surface area contributed by atoms with Crippen LogP contribution in [0, 0.1) is 6.92 Å². The van der Waals surface area contributed by atoms with Gasteiger partial charge in [-0.3, -0.25) is 4.79 Å². The summed E-state index contributed by atoms with van der Waals surface area (Å²) in [6.45, 7) is 2.98. The van der Waals surface area contributed by atoms with Crippen LogP contribution in [0.4, 0.5) is 5.69 Å². The van der Waals surface area contributed by atoms with Crippen molar-refractivity contribution in [1.82, 2.24) is 5.32 Å². The fourth-order valence-corrected chi connectivity index (χ4v) is 2.33. The van der Waals surface area contributed by atoms with Crippen LogP contribution >= 0.6 is 0 Å². The van der Waals surface area contributed by atoms with E-state index in [0.717, 1.165) is 11.1 Å². The Labute approximate surface area is 142 Å². The van der Waals surface area contributed by atoms with Crippen molar-refractivity contribution in [2.24, 2.45) is 0 Å². The predicted octanol–water partition coefficient (Wildman–Crippen LogP) is 2.90. The molecule has 2 aromatic carbocycles. The molecule has 0 atom stereocenters. The summed E-state index contributed by atoms with van der Waals surface area (Å²) in [5.41, 5.74) is 3.38. The predicted molar refractivity (Wildman–Crippen MR) is 93.9 cm³/mol. The lowest BCUT2D eigenvalue weighted by Crippen LogP contribution is -2.25. The number of rotatable bonds is 7. The van der Waals surface area contributed by atoms with Crippen LogP contribution in [0.5, 0.6) is 0 Å². The highest BCUT2D eigenvalue weighted by atomic mass is 16.5. The minimum Gasteiger partial charge on any atom is -0.465 e. The van der Waals surface area contributed by atoms with Crippen molar-refractivity contribution in [3.8, 4) is 0 Å². The van der Waals surface area contributed by atoms with Gasteiger partial charge in [-0.25, -0.2) is 4.79 Å². The van der Waals surface area contributed by atoms with E-state index in [-0.39, 0.29) is 5.91 Å². The van der Waals surface area contributed by atoms with Crippen molar-refractivity contribution in [3.05, 3.63) is 65.2 Å². The molecule has 5 nitrogen and oxygen atoms in total. The van der Waals surface area contributed by atoms with Crippen LogP contribution in [0.3, 0.4) is 0 Å². The Hall–Kier alpha value is -2.82. The van der Waals surface area contributed by atoms with Gasteiger partial charge in [0.1, 0.15) is 0 Å². The number of hydrogen-bond donors (Lipinski definition) is 2. The van der Waals surface area contributed by atoms with Gasteiger partial charge in [-0.05, 0) is 30.2 Å². The van der Waals surface area contributed by atoms with Crippen molar-refractivity contribution in [1.29, 1.82) is 0 Å². The van der Waals surface area contributed by atoms with E-state index in [9.17, 15) is 9.59 Å². The number of carbonyl (C=O) groups excluding carboxylic acids is 2. The number of carbonyl (C=O) groups is 2. The molecule has 2 rings (SSSR count). The van der Waals surface area contributed by atoms with Gasteiger partial charge in [0.15, 0.2) is 0 Å². The number of nitrogens with one attached hydrogen (secondary N) is 2. The van der Waals surface area contributed by atoms with Crippen LogP contribution < -0.4 is 10.6 Å². The number of methoxy groups -OCH3 is 1. The summed E-state index contributed by atoms with van der Waals surface area (Å²) in [7, 11) is 1.35. The van der Waals surface area contributed by atoms with Crippen molar-refractivity contribution in [2.45, 2.75) is 19.9 Å². The van der Waals surface area contributed by atoms with E-state index in [1.54, 1.807) is 18.2 Å². The first-order chi connectivity index (χ1) is 11.6. The SMILES string of the molecule is COC(=O)c1ccccc1NCCC(=O)NCc1ccccc1C. The molecule has 0 bridgehead atoms. The second-order valence-electron chi connectivity index (χ2n) is 5.42. The lowest BCUT2D eigenvalue weighted by atomic mass is 10.1. The van der Waals surface area contributed by atoms with Crippen molar-refractivity contribution < 1.29 is 14.3 Å². The van der Waals surface area contributed by atoms with E-state index >= 15 is 0 Å². The summed E-state index contributed by atoms with van der Waals surface area (Å²) in [5.74, 6) is -0.441. The zero-order valence-electron chi connectivity index (χ0n) is 14.0. The van der Waals surface area contributed by atoms with E-state index in [1.165, 1.54) is 7.11 Å². The number of amides is 1. The fourth-order valence-electron chi connectivity index (χ4n) is 2.33. The highest BCUT2D eigenvalue weighted by Crippen LogP contribution is 2.15. The first-order valence-corrected chi connectivity index (χ1v) is 7.84. The van der Waals surface area contributed by atoms with Gasteiger partial charge in [-0.15, -0.1) is 0 Å². The molecule has 0 aliphatic carbocycles. The smallest absolute Gasteiger partial charge is 0.339 e. The van der Waals surface area contributed by atoms with Crippen molar-refractivity contribution in [3.63, 3.8) is 0 Å². The lowest BCUT2D eigenvalue weighted by molar-refractivity contribution is -0.121. The Morgan fingerprint density at radius 3 is 2.50 bits per heavy atom. The molecule has 0 unspecified atom stereocenters. The number of aryl methyl sites for hydroxylation is 1. The number of esters is 1. The zero-order chi connectivity index (χ0) is 17.4. The highest BCUT2D eigenvalue weighted by Gasteiger charge is 2.11. The van der Waals surface area contributed by atoms with E-state index in [1.807, 2.05) is 37.3 Å². The van der Waals surface area contributed by atoms with Gasteiger partial charge < -0.3 is 15.4 Å². The third-order valence-corrected chi connectivity index (χ3v) is 3.74. The summed E-state index contributed by atoms with van der Waals surface area (Å²) in [6.07, 6.45) is 0.321. The number of ether oxygens (including phenoxy) is 1. The molecule has 0 heterocycles. The lowest BCUT2D eigenvalue weighted by Gasteiger charge is -2.11.